The van der Waals surface area contributed by atoms with Gasteiger partial charge in [-0.25, -0.2) is 0 Å². The van der Waals surface area contributed by atoms with Gasteiger partial charge >= 0.3 is 6.18 Å². The van der Waals surface area contributed by atoms with Crippen molar-refractivity contribution >= 4 is 23.4 Å². The van der Waals surface area contributed by atoms with Gasteiger partial charge in [0.25, 0.3) is 0 Å². The maximum absolute atomic E-state index is 12.5. The predicted octanol–water partition coefficient (Wildman–Crippen LogP) is 3.53. The van der Waals surface area contributed by atoms with Crippen LogP contribution in [0.15, 0.2) is 23.1 Å². The number of halogens is 3. The fourth-order valence-electron chi connectivity index (χ4n) is 1.63. The number of amides is 1. The van der Waals surface area contributed by atoms with Crippen LogP contribution in [0.2, 0.25) is 0 Å². The normalized spacial score (nSPS) is 20.5. The highest BCUT2D eigenvalue weighted by atomic mass is 32.2. The first kappa shape index (κ1) is 12.3. The SMILES string of the molecule is CC1CC(=O)Nc2cc(C(F)(F)F)ccc2S1. The van der Waals surface area contributed by atoms with E-state index in [9.17, 15) is 18.0 Å². The van der Waals surface area contributed by atoms with E-state index in [2.05, 4.69) is 5.32 Å². The molecule has 1 N–H and O–H groups in total. The Kier molecular flexibility index (Phi) is 3.07. The summed E-state index contributed by atoms with van der Waals surface area (Å²) >= 11 is 1.41. The molecule has 1 amide bonds. The zero-order chi connectivity index (χ0) is 12.6. The van der Waals surface area contributed by atoms with Crippen molar-refractivity contribution in [2.45, 2.75) is 29.7 Å². The molecule has 2 rings (SSSR count). The summed E-state index contributed by atoms with van der Waals surface area (Å²) in [6, 6.07) is 3.43. The molecule has 0 saturated heterocycles. The molecule has 1 aliphatic heterocycles. The molecule has 17 heavy (non-hydrogen) atoms. The van der Waals surface area contributed by atoms with Gasteiger partial charge in [0.2, 0.25) is 5.91 Å². The average molecular weight is 261 g/mol. The van der Waals surface area contributed by atoms with E-state index in [4.69, 9.17) is 0 Å². The number of thioether (sulfide) groups is 1. The molecule has 0 aromatic heterocycles. The van der Waals surface area contributed by atoms with Crippen molar-refractivity contribution in [3.05, 3.63) is 23.8 Å². The molecular weight excluding hydrogens is 251 g/mol. The Bertz CT molecular complexity index is 459. The van der Waals surface area contributed by atoms with Crippen molar-refractivity contribution in [1.29, 1.82) is 0 Å². The van der Waals surface area contributed by atoms with Gasteiger partial charge in [0.15, 0.2) is 0 Å². The molecule has 0 bridgehead atoms. The molecule has 1 aliphatic rings. The van der Waals surface area contributed by atoms with Gasteiger partial charge in [-0.1, -0.05) is 6.92 Å². The van der Waals surface area contributed by atoms with Gasteiger partial charge in [0.1, 0.15) is 0 Å². The predicted molar refractivity (Wildman–Crippen MR) is 60.0 cm³/mol. The molecule has 6 heteroatoms. The van der Waals surface area contributed by atoms with Crippen LogP contribution in [0.4, 0.5) is 18.9 Å². The lowest BCUT2D eigenvalue weighted by molar-refractivity contribution is -0.137. The molecule has 1 aromatic carbocycles. The summed E-state index contributed by atoms with van der Waals surface area (Å²) in [6.07, 6.45) is -4.08. The summed E-state index contributed by atoms with van der Waals surface area (Å²) < 4.78 is 37.5. The number of fused-ring (bicyclic) bond motifs is 1. The lowest BCUT2D eigenvalue weighted by Gasteiger charge is -2.11. The molecule has 1 aromatic rings. The number of hydrogen-bond donors (Lipinski definition) is 1. The number of carbonyl (C=O) groups excluding carboxylic acids is 1. The first-order valence-electron chi connectivity index (χ1n) is 5.04. The van der Waals surface area contributed by atoms with Crippen molar-refractivity contribution in [2.24, 2.45) is 0 Å². The van der Waals surface area contributed by atoms with Crippen molar-refractivity contribution in [3.63, 3.8) is 0 Å². The van der Waals surface area contributed by atoms with Crippen LogP contribution in [-0.2, 0) is 11.0 Å². The van der Waals surface area contributed by atoms with Crippen LogP contribution in [0.3, 0.4) is 0 Å². The minimum atomic E-state index is -4.39. The number of carbonyl (C=O) groups is 1. The molecule has 92 valence electrons. The molecule has 1 heterocycles. The van der Waals surface area contributed by atoms with Crippen molar-refractivity contribution in [3.8, 4) is 0 Å². The summed E-state index contributed by atoms with van der Waals surface area (Å²) in [5.74, 6) is -0.247. The Morgan fingerprint density at radius 1 is 1.41 bits per heavy atom. The second kappa shape index (κ2) is 4.25. The molecule has 2 nitrogen and oxygen atoms in total. The lowest BCUT2D eigenvalue weighted by Crippen LogP contribution is -2.13. The van der Waals surface area contributed by atoms with Gasteiger partial charge in [-0.05, 0) is 18.2 Å². The molecule has 0 fully saturated rings. The lowest BCUT2D eigenvalue weighted by atomic mass is 10.2. The van der Waals surface area contributed by atoms with Crippen LogP contribution >= 0.6 is 11.8 Å². The molecular formula is C11H10F3NOS. The maximum atomic E-state index is 12.5. The van der Waals surface area contributed by atoms with E-state index >= 15 is 0 Å². The number of rotatable bonds is 0. The maximum Gasteiger partial charge on any atom is 0.416 e. The van der Waals surface area contributed by atoms with Crippen molar-refractivity contribution in [1.82, 2.24) is 0 Å². The Labute approximate surface area is 101 Å². The van der Waals surface area contributed by atoms with Crippen LogP contribution in [-0.4, -0.2) is 11.2 Å². The highest BCUT2D eigenvalue weighted by Gasteiger charge is 2.32. The minimum Gasteiger partial charge on any atom is -0.325 e. The number of hydrogen-bond acceptors (Lipinski definition) is 2. The van der Waals surface area contributed by atoms with Crippen LogP contribution < -0.4 is 5.32 Å². The number of nitrogens with one attached hydrogen (secondary N) is 1. The van der Waals surface area contributed by atoms with Gasteiger partial charge in [0, 0.05) is 16.6 Å². The van der Waals surface area contributed by atoms with E-state index in [1.165, 1.54) is 17.8 Å². The highest BCUT2D eigenvalue weighted by Crippen LogP contribution is 2.39. The van der Waals surface area contributed by atoms with Gasteiger partial charge in [0.05, 0.1) is 11.3 Å². The standard InChI is InChI=1S/C11H10F3NOS/c1-6-4-10(16)15-8-5-7(11(12,13)14)2-3-9(8)17-6/h2-3,5-6H,4H2,1H3,(H,15,16). The third-order valence-electron chi connectivity index (χ3n) is 2.38. The molecule has 0 aliphatic carbocycles. The van der Waals surface area contributed by atoms with Crippen molar-refractivity contribution in [2.75, 3.05) is 5.32 Å². The topological polar surface area (TPSA) is 29.1 Å². The Hall–Kier alpha value is -1.17. The van der Waals surface area contributed by atoms with Crippen molar-refractivity contribution < 1.29 is 18.0 Å². The second-order valence-electron chi connectivity index (χ2n) is 3.89. The first-order valence-corrected chi connectivity index (χ1v) is 5.92. The number of alkyl halides is 3. The Morgan fingerprint density at radius 3 is 2.76 bits per heavy atom. The van der Waals surface area contributed by atoms with Gasteiger partial charge in [-0.15, -0.1) is 11.8 Å². The van der Waals surface area contributed by atoms with Crippen LogP contribution in [0.1, 0.15) is 18.9 Å². The highest BCUT2D eigenvalue weighted by molar-refractivity contribution is 8.00. The first-order chi connectivity index (χ1) is 7.86. The van der Waals surface area contributed by atoms with Gasteiger partial charge in [-0.3, -0.25) is 4.79 Å². The van der Waals surface area contributed by atoms with Crippen LogP contribution in [0.25, 0.3) is 0 Å². The third-order valence-corrected chi connectivity index (χ3v) is 3.56. The summed E-state index contributed by atoms with van der Waals surface area (Å²) in [7, 11) is 0. The molecule has 1 atom stereocenters. The van der Waals surface area contributed by atoms with E-state index in [0.29, 0.717) is 11.3 Å². The van der Waals surface area contributed by atoms with Gasteiger partial charge in [-0.2, -0.15) is 13.2 Å². The zero-order valence-corrected chi connectivity index (χ0v) is 9.78. The van der Waals surface area contributed by atoms with Crippen LogP contribution in [0, 0.1) is 0 Å². The van der Waals surface area contributed by atoms with E-state index in [0.717, 1.165) is 12.1 Å². The Morgan fingerprint density at radius 2 is 2.12 bits per heavy atom. The summed E-state index contributed by atoms with van der Waals surface area (Å²) in [5.41, 5.74) is -0.495. The Balaban J connectivity index is 2.41. The smallest absolute Gasteiger partial charge is 0.325 e. The van der Waals surface area contributed by atoms with E-state index in [1.807, 2.05) is 6.92 Å². The van der Waals surface area contributed by atoms with Gasteiger partial charge < -0.3 is 5.32 Å². The summed E-state index contributed by atoms with van der Waals surface area (Å²) in [4.78, 5) is 12.1. The fraction of sp³-hybridized carbons (Fsp3) is 0.364. The minimum absolute atomic E-state index is 0.0630. The monoisotopic (exact) mass is 261 g/mol. The fourth-order valence-corrected chi connectivity index (χ4v) is 2.68. The van der Waals surface area contributed by atoms with E-state index in [1.54, 1.807) is 0 Å². The molecule has 1 unspecified atom stereocenters. The average Bonchev–Trinajstić information content (AvgIpc) is 2.31. The number of anilines is 1. The molecule has 0 radical (unpaired) electrons. The quantitative estimate of drug-likeness (QED) is 0.774. The van der Waals surface area contributed by atoms with Crippen LogP contribution in [0.5, 0.6) is 0 Å². The third kappa shape index (κ3) is 2.74. The summed E-state index contributed by atoms with van der Waals surface area (Å²) in [6.45, 7) is 1.87. The largest absolute Gasteiger partial charge is 0.416 e. The van der Waals surface area contributed by atoms with E-state index in [-0.39, 0.29) is 16.8 Å². The summed E-state index contributed by atoms with van der Waals surface area (Å²) in [5, 5.41) is 2.57. The zero-order valence-electron chi connectivity index (χ0n) is 8.97. The second-order valence-corrected chi connectivity index (χ2v) is 5.37. The molecule has 0 saturated carbocycles. The molecule has 0 spiro atoms. The number of benzene rings is 1. The van der Waals surface area contributed by atoms with E-state index < -0.39 is 11.7 Å².